The fourth-order valence-corrected chi connectivity index (χ4v) is 2.98. The van der Waals surface area contributed by atoms with Gasteiger partial charge in [0.25, 0.3) is 0 Å². The largest absolute Gasteiger partial charge is 0.480 e. The number of rotatable bonds is 3. The van der Waals surface area contributed by atoms with Crippen molar-refractivity contribution in [2.24, 2.45) is 5.73 Å². The van der Waals surface area contributed by atoms with Crippen LogP contribution in [0.5, 0.6) is 0 Å². The van der Waals surface area contributed by atoms with Crippen molar-refractivity contribution in [3.8, 4) is 0 Å². The number of aliphatic carboxylic acids is 1. The van der Waals surface area contributed by atoms with Gasteiger partial charge in [-0.1, -0.05) is 0 Å². The number of carbonyl (C=O) groups excluding carboxylic acids is 1. The van der Waals surface area contributed by atoms with Gasteiger partial charge in [0.05, 0.1) is 6.54 Å². The van der Waals surface area contributed by atoms with Gasteiger partial charge in [0.2, 0.25) is 5.91 Å². The van der Waals surface area contributed by atoms with Crippen molar-refractivity contribution >= 4 is 11.9 Å². The van der Waals surface area contributed by atoms with Crippen LogP contribution in [0.25, 0.3) is 0 Å². The number of amides is 1. The highest BCUT2D eigenvalue weighted by Crippen LogP contribution is 2.21. The smallest absolute Gasteiger partial charge is 0.325 e. The van der Waals surface area contributed by atoms with Crippen molar-refractivity contribution in [2.45, 2.75) is 44.2 Å². The summed E-state index contributed by atoms with van der Waals surface area (Å²) in [4.78, 5) is 27.1. The second-order valence-corrected chi connectivity index (χ2v) is 5.85. The molecule has 2 fully saturated rings. The predicted octanol–water partition coefficient (Wildman–Crippen LogP) is -0.125. The Hall–Kier alpha value is -1.14. The van der Waals surface area contributed by atoms with Gasteiger partial charge < -0.3 is 15.7 Å². The molecule has 2 unspecified atom stereocenters. The van der Waals surface area contributed by atoms with Crippen LogP contribution in [0.15, 0.2) is 0 Å². The summed E-state index contributed by atoms with van der Waals surface area (Å²) in [6.45, 7) is 4.02. The van der Waals surface area contributed by atoms with E-state index in [9.17, 15) is 9.59 Å². The molecule has 0 spiro atoms. The summed E-state index contributed by atoms with van der Waals surface area (Å²) in [6, 6.07) is 0.297. The molecule has 108 valence electrons. The van der Waals surface area contributed by atoms with Gasteiger partial charge in [0.1, 0.15) is 5.54 Å². The number of carbonyl (C=O) groups is 2. The molecule has 0 bridgehead atoms. The minimum Gasteiger partial charge on any atom is -0.480 e. The SMILES string of the molecule is CC1CCCCN1C(=O)CN1CCC(N)(C(=O)O)C1. The van der Waals surface area contributed by atoms with Crippen LogP contribution in [0.1, 0.15) is 32.6 Å². The van der Waals surface area contributed by atoms with Gasteiger partial charge in [-0.05, 0) is 32.6 Å². The minimum atomic E-state index is -1.19. The summed E-state index contributed by atoms with van der Waals surface area (Å²) in [7, 11) is 0. The molecule has 0 aromatic rings. The Morgan fingerprint density at radius 2 is 2.11 bits per heavy atom. The molecule has 3 N–H and O–H groups in total. The van der Waals surface area contributed by atoms with E-state index in [-0.39, 0.29) is 19.0 Å². The lowest BCUT2D eigenvalue weighted by Crippen LogP contribution is -2.51. The van der Waals surface area contributed by atoms with Crippen LogP contribution in [-0.2, 0) is 9.59 Å². The molecule has 2 rings (SSSR count). The molecule has 2 aliphatic rings. The molecule has 2 heterocycles. The molecule has 6 heteroatoms. The van der Waals surface area contributed by atoms with Crippen LogP contribution < -0.4 is 5.73 Å². The highest BCUT2D eigenvalue weighted by atomic mass is 16.4. The molecule has 2 saturated heterocycles. The van der Waals surface area contributed by atoms with Crippen LogP contribution in [0.3, 0.4) is 0 Å². The molecule has 0 aromatic heterocycles. The van der Waals surface area contributed by atoms with E-state index in [0.29, 0.717) is 19.0 Å². The average molecular weight is 269 g/mol. The normalized spacial score (nSPS) is 32.5. The van der Waals surface area contributed by atoms with Crippen molar-refractivity contribution in [3.05, 3.63) is 0 Å². The van der Waals surface area contributed by atoms with Crippen molar-refractivity contribution < 1.29 is 14.7 Å². The molecule has 2 aliphatic heterocycles. The maximum absolute atomic E-state index is 12.2. The summed E-state index contributed by atoms with van der Waals surface area (Å²) in [6.07, 6.45) is 3.71. The lowest BCUT2D eigenvalue weighted by atomic mass is 10.0. The fraction of sp³-hybridized carbons (Fsp3) is 0.846. The maximum atomic E-state index is 12.2. The van der Waals surface area contributed by atoms with E-state index in [1.807, 2.05) is 9.80 Å². The van der Waals surface area contributed by atoms with E-state index >= 15 is 0 Å². The minimum absolute atomic E-state index is 0.0989. The number of hydrogen-bond acceptors (Lipinski definition) is 4. The molecular weight excluding hydrogens is 246 g/mol. The molecule has 1 amide bonds. The van der Waals surface area contributed by atoms with E-state index in [1.54, 1.807) is 0 Å². The van der Waals surface area contributed by atoms with Crippen LogP contribution in [0, 0.1) is 0 Å². The van der Waals surface area contributed by atoms with Gasteiger partial charge >= 0.3 is 5.97 Å². The molecule has 0 radical (unpaired) electrons. The van der Waals surface area contributed by atoms with E-state index in [0.717, 1.165) is 19.4 Å². The molecule has 0 aliphatic carbocycles. The Morgan fingerprint density at radius 3 is 2.68 bits per heavy atom. The molecule has 19 heavy (non-hydrogen) atoms. The quantitative estimate of drug-likeness (QED) is 0.745. The van der Waals surface area contributed by atoms with Crippen LogP contribution in [-0.4, -0.2) is 64.5 Å². The van der Waals surface area contributed by atoms with Gasteiger partial charge in [-0.2, -0.15) is 0 Å². The summed E-state index contributed by atoms with van der Waals surface area (Å²) in [5, 5.41) is 9.07. The van der Waals surface area contributed by atoms with Gasteiger partial charge in [-0.15, -0.1) is 0 Å². The zero-order valence-electron chi connectivity index (χ0n) is 11.5. The Bertz CT molecular complexity index is 374. The Balaban J connectivity index is 1.88. The zero-order chi connectivity index (χ0) is 14.0. The first-order chi connectivity index (χ1) is 8.92. The van der Waals surface area contributed by atoms with Gasteiger partial charge in [0, 0.05) is 25.7 Å². The summed E-state index contributed by atoms with van der Waals surface area (Å²) in [5.41, 5.74) is 4.62. The van der Waals surface area contributed by atoms with Crippen LogP contribution in [0.4, 0.5) is 0 Å². The second kappa shape index (κ2) is 5.46. The summed E-state index contributed by atoms with van der Waals surface area (Å²) in [5.74, 6) is -0.879. The maximum Gasteiger partial charge on any atom is 0.325 e. The summed E-state index contributed by atoms with van der Waals surface area (Å²) < 4.78 is 0. The van der Waals surface area contributed by atoms with Crippen LogP contribution >= 0.6 is 0 Å². The first kappa shape index (κ1) is 14.3. The monoisotopic (exact) mass is 269 g/mol. The molecule has 0 saturated carbocycles. The number of hydrogen-bond donors (Lipinski definition) is 2. The molecular formula is C13H23N3O3. The zero-order valence-corrected chi connectivity index (χ0v) is 11.5. The number of nitrogens with zero attached hydrogens (tertiary/aromatic N) is 2. The van der Waals surface area contributed by atoms with E-state index in [1.165, 1.54) is 6.42 Å². The third-order valence-electron chi connectivity index (χ3n) is 4.29. The highest BCUT2D eigenvalue weighted by molar-refractivity contribution is 5.81. The first-order valence-corrected chi connectivity index (χ1v) is 6.96. The van der Waals surface area contributed by atoms with Gasteiger partial charge in [0.15, 0.2) is 0 Å². The van der Waals surface area contributed by atoms with Crippen molar-refractivity contribution in [3.63, 3.8) is 0 Å². The van der Waals surface area contributed by atoms with Crippen molar-refractivity contribution in [1.82, 2.24) is 9.80 Å². The van der Waals surface area contributed by atoms with Crippen LogP contribution in [0.2, 0.25) is 0 Å². The molecule has 0 aromatic carbocycles. The first-order valence-electron chi connectivity index (χ1n) is 6.96. The molecule has 6 nitrogen and oxygen atoms in total. The Morgan fingerprint density at radius 1 is 1.37 bits per heavy atom. The van der Waals surface area contributed by atoms with E-state index < -0.39 is 11.5 Å². The Labute approximate surface area is 113 Å². The van der Waals surface area contributed by atoms with Crippen molar-refractivity contribution in [1.29, 1.82) is 0 Å². The fourth-order valence-electron chi connectivity index (χ4n) is 2.98. The highest BCUT2D eigenvalue weighted by Gasteiger charge is 2.42. The number of carboxylic acids is 1. The second-order valence-electron chi connectivity index (χ2n) is 5.85. The third-order valence-corrected chi connectivity index (χ3v) is 4.29. The average Bonchev–Trinajstić information content (AvgIpc) is 2.73. The van der Waals surface area contributed by atoms with Gasteiger partial charge in [-0.3, -0.25) is 14.5 Å². The lowest BCUT2D eigenvalue weighted by Gasteiger charge is -2.34. The number of carboxylic acid groups (broad SMARTS) is 1. The van der Waals surface area contributed by atoms with E-state index in [2.05, 4.69) is 6.92 Å². The number of piperidine rings is 1. The predicted molar refractivity (Wildman–Crippen MR) is 70.6 cm³/mol. The van der Waals surface area contributed by atoms with Gasteiger partial charge in [-0.25, -0.2) is 0 Å². The molecule has 2 atom stereocenters. The number of nitrogens with two attached hydrogens (primary N) is 1. The topological polar surface area (TPSA) is 86.9 Å². The third kappa shape index (κ3) is 3.06. The van der Waals surface area contributed by atoms with E-state index in [4.69, 9.17) is 10.8 Å². The Kier molecular flexibility index (Phi) is 4.10. The van der Waals surface area contributed by atoms with Crippen molar-refractivity contribution in [2.75, 3.05) is 26.2 Å². The lowest BCUT2D eigenvalue weighted by molar-refractivity contribution is -0.143. The number of likely N-dealkylation sites (tertiary alicyclic amines) is 2. The summed E-state index contributed by atoms with van der Waals surface area (Å²) >= 11 is 0. The standard InChI is InChI=1S/C13H23N3O3/c1-10-4-2-3-6-16(10)11(17)8-15-7-5-13(14,9-15)12(18)19/h10H,2-9,14H2,1H3,(H,18,19).